The maximum Gasteiger partial charge on any atom is 0.216 e. The van der Waals surface area contributed by atoms with Crippen LogP contribution in [-0.2, 0) is 0 Å². The Bertz CT molecular complexity index is 378. The second-order valence-corrected chi connectivity index (χ2v) is 4.26. The standard InChI is InChI=1S/C11H13FN2O.C2H7N/c12-11-10(2-1-9(7-15)14-11)8-3-5-13-6-4-8;1-3-2/h1-2,7-8,13H,3-6H2;3H,1-2H3. The summed E-state index contributed by atoms with van der Waals surface area (Å²) in [6.45, 7) is 1.83. The average molecular weight is 253 g/mol. The Morgan fingerprint density at radius 2 is 2.00 bits per heavy atom. The van der Waals surface area contributed by atoms with Crippen molar-refractivity contribution in [3.05, 3.63) is 29.3 Å². The van der Waals surface area contributed by atoms with E-state index in [1.54, 1.807) is 12.1 Å². The molecular formula is C13H20FN3O. The summed E-state index contributed by atoms with van der Waals surface area (Å²) in [4.78, 5) is 14.0. The molecule has 1 aliphatic rings. The molecule has 1 aliphatic heterocycles. The molecule has 0 amide bonds. The highest BCUT2D eigenvalue weighted by atomic mass is 19.1. The Balaban J connectivity index is 0.000000492. The zero-order valence-electron chi connectivity index (χ0n) is 10.9. The third-order valence-corrected chi connectivity index (χ3v) is 2.80. The number of hydrogen-bond acceptors (Lipinski definition) is 4. The van der Waals surface area contributed by atoms with Crippen molar-refractivity contribution in [2.45, 2.75) is 18.8 Å². The second-order valence-electron chi connectivity index (χ2n) is 4.26. The number of hydrogen-bond donors (Lipinski definition) is 2. The van der Waals surface area contributed by atoms with Crippen LogP contribution < -0.4 is 10.6 Å². The minimum atomic E-state index is -0.494. The molecule has 0 radical (unpaired) electrons. The van der Waals surface area contributed by atoms with Gasteiger partial charge >= 0.3 is 0 Å². The lowest BCUT2D eigenvalue weighted by atomic mass is 9.91. The molecule has 0 saturated carbocycles. The number of halogens is 1. The first-order valence-corrected chi connectivity index (χ1v) is 6.13. The molecule has 1 aromatic rings. The number of nitrogens with one attached hydrogen (secondary N) is 2. The number of pyridine rings is 1. The molecule has 0 aromatic carbocycles. The van der Waals surface area contributed by atoms with Crippen molar-refractivity contribution >= 4 is 6.29 Å². The molecule has 0 bridgehead atoms. The Morgan fingerprint density at radius 1 is 1.39 bits per heavy atom. The molecule has 2 N–H and O–H groups in total. The number of carbonyl (C=O) groups excluding carboxylic acids is 1. The summed E-state index contributed by atoms with van der Waals surface area (Å²) < 4.78 is 13.5. The van der Waals surface area contributed by atoms with Gasteiger partial charge in [-0.1, -0.05) is 6.07 Å². The van der Waals surface area contributed by atoms with Gasteiger partial charge in [-0.3, -0.25) is 4.79 Å². The predicted molar refractivity (Wildman–Crippen MR) is 69.4 cm³/mol. The van der Waals surface area contributed by atoms with Crippen LogP contribution in [0.2, 0.25) is 0 Å². The number of piperidine rings is 1. The van der Waals surface area contributed by atoms with E-state index in [-0.39, 0.29) is 11.6 Å². The number of carbonyl (C=O) groups is 1. The molecule has 1 aromatic heterocycles. The summed E-state index contributed by atoms with van der Waals surface area (Å²) in [5, 5.41) is 5.98. The smallest absolute Gasteiger partial charge is 0.216 e. The van der Waals surface area contributed by atoms with E-state index in [1.165, 1.54) is 0 Å². The van der Waals surface area contributed by atoms with E-state index in [1.807, 2.05) is 14.1 Å². The van der Waals surface area contributed by atoms with Gasteiger partial charge in [0.05, 0.1) is 0 Å². The SMILES string of the molecule is CNC.O=Cc1ccc(C2CCNCC2)c(F)n1. The van der Waals surface area contributed by atoms with Crippen LogP contribution in [0.15, 0.2) is 12.1 Å². The molecule has 1 fully saturated rings. The summed E-state index contributed by atoms with van der Waals surface area (Å²) in [7, 11) is 3.75. The van der Waals surface area contributed by atoms with Gasteiger partial charge in [0, 0.05) is 5.56 Å². The lowest BCUT2D eigenvalue weighted by Crippen LogP contribution is -2.27. The molecule has 0 unspecified atom stereocenters. The maximum atomic E-state index is 13.5. The van der Waals surface area contributed by atoms with Crippen LogP contribution in [0.5, 0.6) is 0 Å². The van der Waals surface area contributed by atoms with Gasteiger partial charge in [-0.05, 0) is 52.0 Å². The van der Waals surface area contributed by atoms with Crippen LogP contribution >= 0.6 is 0 Å². The zero-order valence-corrected chi connectivity index (χ0v) is 10.9. The Labute approximate surface area is 107 Å². The third kappa shape index (κ3) is 4.16. The van der Waals surface area contributed by atoms with Gasteiger partial charge < -0.3 is 10.6 Å². The van der Waals surface area contributed by atoms with Crippen LogP contribution in [0.25, 0.3) is 0 Å². The molecule has 2 rings (SSSR count). The molecule has 0 spiro atoms. The van der Waals surface area contributed by atoms with Crippen molar-refractivity contribution < 1.29 is 9.18 Å². The van der Waals surface area contributed by atoms with Gasteiger partial charge in [0.2, 0.25) is 5.95 Å². The van der Waals surface area contributed by atoms with Crippen molar-refractivity contribution in [2.75, 3.05) is 27.2 Å². The first-order chi connectivity index (χ1) is 8.72. The molecule has 1 saturated heterocycles. The molecule has 4 nitrogen and oxygen atoms in total. The van der Waals surface area contributed by atoms with Gasteiger partial charge in [0.15, 0.2) is 6.29 Å². The molecular weight excluding hydrogens is 233 g/mol. The van der Waals surface area contributed by atoms with E-state index in [4.69, 9.17) is 0 Å². The minimum absolute atomic E-state index is 0.158. The van der Waals surface area contributed by atoms with Crippen molar-refractivity contribution in [2.24, 2.45) is 0 Å². The van der Waals surface area contributed by atoms with Gasteiger partial charge in [-0.15, -0.1) is 0 Å². The highest BCUT2D eigenvalue weighted by Crippen LogP contribution is 2.26. The van der Waals surface area contributed by atoms with Crippen molar-refractivity contribution in [3.8, 4) is 0 Å². The zero-order chi connectivity index (χ0) is 13.4. The highest BCUT2D eigenvalue weighted by molar-refractivity contribution is 5.71. The Hall–Kier alpha value is -1.33. The van der Waals surface area contributed by atoms with Gasteiger partial charge in [-0.2, -0.15) is 4.39 Å². The van der Waals surface area contributed by atoms with Crippen LogP contribution in [0.4, 0.5) is 4.39 Å². The third-order valence-electron chi connectivity index (χ3n) is 2.80. The van der Waals surface area contributed by atoms with Crippen LogP contribution in [0, 0.1) is 5.95 Å². The minimum Gasteiger partial charge on any atom is -0.323 e. The lowest BCUT2D eigenvalue weighted by Gasteiger charge is -2.22. The first kappa shape index (κ1) is 14.7. The summed E-state index contributed by atoms with van der Waals surface area (Å²) in [6, 6.07) is 3.26. The number of nitrogens with zero attached hydrogens (tertiary/aromatic N) is 1. The summed E-state index contributed by atoms with van der Waals surface area (Å²) >= 11 is 0. The quantitative estimate of drug-likeness (QED) is 0.617. The lowest BCUT2D eigenvalue weighted by molar-refractivity contribution is 0.111. The van der Waals surface area contributed by atoms with E-state index in [2.05, 4.69) is 15.6 Å². The van der Waals surface area contributed by atoms with Crippen molar-refractivity contribution in [3.63, 3.8) is 0 Å². The molecule has 0 aliphatic carbocycles. The Morgan fingerprint density at radius 3 is 2.50 bits per heavy atom. The van der Waals surface area contributed by atoms with Crippen LogP contribution in [0.1, 0.15) is 34.8 Å². The fourth-order valence-corrected chi connectivity index (χ4v) is 1.96. The van der Waals surface area contributed by atoms with E-state index < -0.39 is 5.95 Å². The summed E-state index contributed by atoms with van der Waals surface area (Å²) in [5.74, 6) is -0.258. The first-order valence-electron chi connectivity index (χ1n) is 6.13. The number of aromatic nitrogens is 1. The molecule has 18 heavy (non-hydrogen) atoms. The fraction of sp³-hybridized carbons (Fsp3) is 0.538. The highest BCUT2D eigenvalue weighted by Gasteiger charge is 2.19. The van der Waals surface area contributed by atoms with Crippen LogP contribution in [0.3, 0.4) is 0 Å². The number of rotatable bonds is 2. The molecule has 5 heteroatoms. The summed E-state index contributed by atoms with van der Waals surface area (Å²) in [5.41, 5.74) is 0.798. The maximum absolute atomic E-state index is 13.5. The molecule has 0 atom stereocenters. The van der Waals surface area contributed by atoms with E-state index in [0.717, 1.165) is 25.9 Å². The van der Waals surface area contributed by atoms with E-state index >= 15 is 0 Å². The average Bonchev–Trinajstić information content (AvgIpc) is 2.40. The monoisotopic (exact) mass is 253 g/mol. The topological polar surface area (TPSA) is 54.0 Å². The normalized spacial score (nSPS) is 15.7. The Kier molecular flexibility index (Phi) is 6.46. The largest absolute Gasteiger partial charge is 0.323 e. The fourth-order valence-electron chi connectivity index (χ4n) is 1.96. The predicted octanol–water partition coefficient (Wildman–Crippen LogP) is 1.34. The van der Waals surface area contributed by atoms with Gasteiger partial charge in [0.25, 0.3) is 0 Å². The van der Waals surface area contributed by atoms with Crippen molar-refractivity contribution in [1.82, 2.24) is 15.6 Å². The van der Waals surface area contributed by atoms with Crippen molar-refractivity contribution in [1.29, 1.82) is 0 Å². The molecule has 100 valence electrons. The second kappa shape index (κ2) is 7.89. The molecule has 2 heterocycles. The van der Waals surface area contributed by atoms with Gasteiger partial charge in [-0.25, -0.2) is 4.98 Å². The van der Waals surface area contributed by atoms with Crippen LogP contribution in [-0.4, -0.2) is 38.5 Å². The summed E-state index contributed by atoms with van der Waals surface area (Å²) in [6.07, 6.45) is 2.42. The van der Waals surface area contributed by atoms with E-state index in [0.29, 0.717) is 11.8 Å². The van der Waals surface area contributed by atoms with Gasteiger partial charge in [0.1, 0.15) is 5.69 Å². The van der Waals surface area contributed by atoms with E-state index in [9.17, 15) is 9.18 Å². The number of aldehydes is 1.